The van der Waals surface area contributed by atoms with E-state index >= 15 is 0 Å². The molecule has 2 nitrogen and oxygen atoms in total. The Hall–Kier alpha value is -3.52. The Balaban J connectivity index is 1.35. The van der Waals surface area contributed by atoms with E-state index in [-0.39, 0.29) is 0 Å². The fraction of sp³-hybridized carbons (Fsp3) is 0.200. The number of hydrogen-bond acceptors (Lipinski definition) is 2. The topological polar surface area (TPSA) is 18.5 Å². The largest absolute Gasteiger partial charge is 0.457 e. The molecule has 0 amide bonds. The van der Waals surface area contributed by atoms with Crippen LogP contribution in [0.2, 0.25) is 0 Å². The lowest BCUT2D eigenvalue weighted by molar-refractivity contribution is 0.482. The molecule has 2 heteroatoms. The Kier molecular flexibility index (Phi) is 7.24. The highest BCUT2D eigenvalue weighted by molar-refractivity contribution is 5.65. The molecule has 0 spiro atoms. The number of benzene rings is 4. The van der Waals surface area contributed by atoms with Crippen LogP contribution in [0.5, 0.6) is 23.0 Å². The molecule has 0 aromatic heterocycles. The second-order valence-electron chi connectivity index (χ2n) is 8.17. The molecule has 32 heavy (non-hydrogen) atoms. The molecule has 0 radical (unpaired) electrons. The molecule has 0 fully saturated rings. The van der Waals surface area contributed by atoms with Gasteiger partial charge in [-0.2, -0.15) is 0 Å². The molecule has 0 aliphatic rings. The smallest absolute Gasteiger partial charge is 0.127 e. The molecule has 4 rings (SSSR count). The van der Waals surface area contributed by atoms with Gasteiger partial charge in [0.1, 0.15) is 23.0 Å². The van der Waals surface area contributed by atoms with Crippen molar-refractivity contribution in [2.75, 3.05) is 0 Å². The summed E-state index contributed by atoms with van der Waals surface area (Å²) in [5, 5.41) is 0. The third kappa shape index (κ3) is 6.01. The van der Waals surface area contributed by atoms with E-state index in [0.717, 1.165) is 40.5 Å². The van der Waals surface area contributed by atoms with Crippen LogP contribution in [0.15, 0.2) is 97.1 Å². The van der Waals surface area contributed by atoms with Gasteiger partial charge in [0.25, 0.3) is 0 Å². The van der Waals surface area contributed by atoms with Crippen LogP contribution >= 0.6 is 0 Å². The zero-order chi connectivity index (χ0) is 22.2. The predicted molar refractivity (Wildman–Crippen MR) is 133 cm³/mol. The molecule has 0 bridgehead atoms. The summed E-state index contributed by atoms with van der Waals surface area (Å²) in [6.07, 6.45) is 4.92. The molecule has 4 aromatic carbocycles. The van der Waals surface area contributed by atoms with E-state index in [1.807, 2.05) is 36.4 Å². The minimum absolute atomic E-state index is 0.829. The molecule has 162 valence electrons. The van der Waals surface area contributed by atoms with Gasteiger partial charge in [-0.05, 0) is 85.0 Å². The lowest BCUT2D eigenvalue weighted by atomic mass is 10.1. The van der Waals surface area contributed by atoms with Gasteiger partial charge >= 0.3 is 0 Å². The summed E-state index contributed by atoms with van der Waals surface area (Å²) in [7, 11) is 0. The van der Waals surface area contributed by atoms with Crippen molar-refractivity contribution in [3.8, 4) is 34.1 Å². The van der Waals surface area contributed by atoms with Gasteiger partial charge in [-0.3, -0.25) is 0 Å². The molecule has 4 aromatic rings. The fourth-order valence-electron chi connectivity index (χ4n) is 3.61. The van der Waals surface area contributed by atoms with Crippen molar-refractivity contribution in [3.63, 3.8) is 0 Å². The molecule has 0 atom stereocenters. The average Bonchev–Trinajstić information content (AvgIpc) is 2.83. The van der Waals surface area contributed by atoms with Crippen LogP contribution in [0.1, 0.15) is 37.3 Å². The van der Waals surface area contributed by atoms with Gasteiger partial charge in [0, 0.05) is 0 Å². The van der Waals surface area contributed by atoms with Crippen molar-refractivity contribution in [2.24, 2.45) is 0 Å². The zero-order valence-electron chi connectivity index (χ0n) is 18.9. The second kappa shape index (κ2) is 10.7. The molecular weight excluding hydrogens is 392 g/mol. The second-order valence-corrected chi connectivity index (χ2v) is 8.17. The molecule has 0 N–H and O–H groups in total. The van der Waals surface area contributed by atoms with Gasteiger partial charge in [-0.15, -0.1) is 0 Å². The van der Waals surface area contributed by atoms with Crippen molar-refractivity contribution in [1.29, 1.82) is 0 Å². The first kappa shape index (κ1) is 21.7. The normalized spacial score (nSPS) is 10.7. The maximum absolute atomic E-state index is 6.02. The van der Waals surface area contributed by atoms with Crippen LogP contribution in [0.3, 0.4) is 0 Å². The zero-order valence-corrected chi connectivity index (χ0v) is 18.9. The van der Waals surface area contributed by atoms with Crippen LogP contribution in [-0.4, -0.2) is 0 Å². The fourth-order valence-corrected chi connectivity index (χ4v) is 3.61. The highest BCUT2D eigenvalue weighted by Gasteiger charge is 2.03. The quantitative estimate of drug-likeness (QED) is 0.251. The van der Waals surface area contributed by atoms with Crippen LogP contribution in [0, 0.1) is 6.92 Å². The van der Waals surface area contributed by atoms with Gasteiger partial charge in [0.05, 0.1) is 0 Å². The lowest BCUT2D eigenvalue weighted by Gasteiger charge is -2.09. The lowest BCUT2D eigenvalue weighted by Crippen LogP contribution is -1.88. The van der Waals surface area contributed by atoms with Crippen LogP contribution in [0.4, 0.5) is 0 Å². The first-order valence-corrected chi connectivity index (χ1v) is 11.4. The Morgan fingerprint density at radius 1 is 0.500 bits per heavy atom. The molecule has 0 unspecified atom stereocenters. The van der Waals surface area contributed by atoms with Crippen molar-refractivity contribution in [2.45, 2.75) is 39.5 Å². The SMILES string of the molecule is CCCCCc1ccc(Oc2ccc(-c3ccc(Oc4ccc(C)cc4)cc3)cc2)cc1. The minimum Gasteiger partial charge on any atom is -0.457 e. The standard InChI is InChI=1S/C30H30O2/c1-3-4-5-6-24-9-17-28(18-10-24)32-30-21-13-26(14-22-30)25-11-19-29(20-12-25)31-27-15-7-23(2)8-16-27/h7-22H,3-6H2,1-2H3. The van der Waals surface area contributed by atoms with Gasteiger partial charge < -0.3 is 9.47 Å². The Labute approximate surface area is 191 Å². The first-order chi connectivity index (χ1) is 15.7. The van der Waals surface area contributed by atoms with Gasteiger partial charge in [-0.25, -0.2) is 0 Å². The van der Waals surface area contributed by atoms with Crippen LogP contribution in [0.25, 0.3) is 11.1 Å². The van der Waals surface area contributed by atoms with E-state index in [4.69, 9.17) is 9.47 Å². The monoisotopic (exact) mass is 422 g/mol. The van der Waals surface area contributed by atoms with Crippen molar-refractivity contribution >= 4 is 0 Å². The highest BCUT2D eigenvalue weighted by atomic mass is 16.5. The summed E-state index contributed by atoms with van der Waals surface area (Å²) < 4.78 is 11.9. The number of unbranched alkanes of at least 4 members (excludes halogenated alkanes) is 2. The molecule has 0 aliphatic carbocycles. The molecular formula is C30H30O2. The maximum atomic E-state index is 6.02. The van der Waals surface area contributed by atoms with Gasteiger partial charge in [0.15, 0.2) is 0 Å². The number of aryl methyl sites for hydroxylation is 2. The van der Waals surface area contributed by atoms with E-state index in [2.05, 4.69) is 74.5 Å². The first-order valence-electron chi connectivity index (χ1n) is 11.4. The summed E-state index contributed by atoms with van der Waals surface area (Å²) >= 11 is 0. The van der Waals surface area contributed by atoms with E-state index in [1.54, 1.807) is 0 Å². The third-order valence-corrected chi connectivity index (χ3v) is 5.53. The van der Waals surface area contributed by atoms with Crippen molar-refractivity contribution in [1.82, 2.24) is 0 Å². The summed E-state index contributed by atoms with van der Waals surface area (Å²) in [5.74, 6) is 3.39. The third-order valence-electron chi connectivity index (χ3n) is 5.53. The van der Waals surface area contributed by atoms with Crippen LogP contribution in [-0.2, 0) is 6.42 Å². The van der Waals surface area contributed by atoms with Crippen molar-refractivity contribution in [3.05, 3.63) is 108 Å². The average molecular weight is 423 g/mol. The summed E-state index contributed by atoms with van der Waals surface area (Å²) in [6.45, 7) is 4.30. The minimum atomic E-state index is 0.829. The number of hydrogen-bond donors (Lipinski definition) is 0. The Morgan fingerprint density at radius 3 is 1.34 bits per heavy atom. The highest BCUT2D eigenvalue weighted by Crippen LogP contribution is 2.29. The van der Waals surface area contributed by atoms with E-state index < -0.39 is 0 Å². The predicted octanol–water partition coefficient (Wildman–Crippen LogP) is 8.98. The molecule has 0 saturated carbocycles. The van der Waals surface area contributed by atoms with Gasteiger partial charge in [0.2, 0.25) is 0 Å². The molecule has 0 heterocycles. The van der Waals surface area contributed by atoms with Gasteiger partial charge in [-0.1, -0.05) is 73.9 Å². The maximum Gasteiger partial charge on any atom is 0.127 e. The van der Waals surface area contributed by atoms with Crippen molar-refractivity contribution < 1.29 is 9.47 Å². The Morgan fingerprint density at radius 2 is 0.906 bits per heavy atom. The summed E-state index contributed by atoms with van der Waals surface area (Å²) in [6, 6.07) is 32.9. The summed E-state index contributed by atoms with van der Waals surface area (Å²) in [4.78, 5) is 0. The van der Waals surface area contributed by atoms with E-state index in [9.17, 15) is 0 Å². The Bertz CT molecular complexity index is 1090. The number of rotatable bonds is 9. The van der Waals surface area contributed by atoms with Crippen LogP contribution < -0.4 is 9.47 Å². The number of ether oxygens (including phenoxy) is 2. The summed E-state index contributed by atoms with van der Waals surface area (Å²) in [5.41, 5.74) is 4.88. The van der Waals surface area contributed by atoms with E-state index in [1.165, 1.54) is 30.4 Å². The molecule has 0 saturated heterocycles. The molecule has 0 aliphatic heterocycles. The van der Waals surface area contributed by atoms with E-state index in [0.29, 0.717) is 0 Å².